The summed E-state index contributed by atoms with van der Waals surface area (Å²) in [4.78, 5) is 0. The fraction of sp³-hybridized carbons (Fsp3) is 0.571. The van der Waals surface area contributed by atoms with Gasteiger partial charge in [-0.3, -0.25) is 0 Å². The Morgan fingerprint density at radius 2 is 1.86 bits per heavy atom. The molecule has 7 heteroatoms. The van der Waals surface area contributed by atoms with Crippen LogP contribution in [-0.4, -0.2) is 58.5 Å². The minimum atomic E-state index is -3.21. The number of methoxy groups -OCH3 is 1. The molecule has 0 spiro atoms. The van der Waals surface area contributed by atoms with E-state index in [2.05, 4.69) is 0 Å². The fourth-order valence-corrected chi connectivity index (χ4v) is 3.56. The zero-order valence-corrected chi connectivity index (χ0v) is 13.0. The summed E-state index contributed by atoms with van der Waals surface area (Å²) in [5, 5.41) is 0. The minimum Gasteiger partial charge on any atom is -0.493 e. The Morgan fingerprint density at radius 1 is 1.19 bits per heavy atom. The topological polar surface area (TPSA) is 65.1 Å². The summed E-state index contributed by atoms with van der Waals surface area (Å²) in [7, 11) is -1.64. The van der Waals surface area contributed by atoms with Crippen molar-refractivity contribution >= 4 is 10.0 Å². The molecule has 118 valence electrons. The lowest BCUT2D eigenvalue weighted by Gasteiger charge is -2.26. The number of para-hydroxylation sites is 2. The molecular formula is C14H21NO5S. The highest BCUT2D eigenvalue weighted by Gasteiger charge is 2.23. The first-order chi connectivity index (χ1) is 10.1. The molecule has 1 fully saturated rings. The first kappa shape index (κ1) is 16.1. The average molecular weight is 315 g/mol. The molecule has 0 radical (unpaired) electrons. The van der Waals surface area contributed by atoms with Gasteiger partial charge in [0.2, 0.25) is 10.0 Å². The van der Waals surface area contributed by atoms with Crippen LogP contribution in [0.25, 0.3) is 0 Å². The molecule has 0 aromatic heterocycles. The minimum absolute atomic E-state index is 0.0855. The van der Waals surface area contributed by atoms with Crippen LogP contribution < -0.4 is 9.47 Å². The number of sulfonamides is 1. The molecule has 6 nitrogen and oxygen atoms in total. The molecule has 1 aromatic carbocycles. The predicted molar refractivity (Wildman–Crippen MR) is 79.3 cm³/mol. The molecule has 0 aliphatic carbocycles. The Bertz CT molecular complexity index is 540. The van der Waals surface area contributed by atoms with E-state index in [0.29, 0.717) is 50.8 Å². The third kappa shape index (κ3) is 4.59. The Morgan fingerprint density at radius 3 is 2.52 bits per heavy atom. The predicted octanol–water partition coefficient (Wildman–Crippen LogP) is 1.13. The highest BCUT2D eigenvalue weighted by molar-refractivity contribution is 7.89. The van der Waals surface area contributed by atoms with E-state index in [1.165, 1.54) is 4.31 Å². The number of hydrogen-bond acceptors (Lipinski definition) is 5. The van der Waals surface area contributed by atoms with Crippen LogP contribution in [0, 0.1) is 0 Å². The van der Waals surface area contributed by atoms with Gasteiger partial charge in [0.15, 0.2) is 11.5 Å². The first-order valence-corrected chi connectivity index (χ1v) is 8.56. The number of morpholine rings is 1. The second kappa shape index (κ2) is 7.63. The molecule has 0 saturated carbocycles. The van der Waals surface area contributed by atoms with Crippen molar-refractivity contribution in [1.29, 1.82) is 0 Å². The third-order valence-corrected chi connectivity index (χ3v) is 5.19. The van der Waals surface area contributed by atoms with Gasteiger partial charge in [-0.1, -0.05) is 12.1 Å². The molecule has 0 N–H and O–H groups in total. The maximum atomic E-state index is 12.1. The van der Waals surface area contributed by atoms with Crippen molar-refractivity contribution in [3.05, 3.63) is 24.3 Å². The van der Waals surface area contributed by atoms with Crippen LogP contribution in [0.2, 0.25) is 0 Å². The first-order valence-electron chi connectivity index (χ1n) is 6.95. The molecule has 0 bridgehead atoms. The normalized spacial score (nSPS) is 16.6. The zero-order valence-electron chi connectivity index (χ0n) is 12.2. The van der Waals surface area contributed by atoms with Crippen molar-refractivity contribution in [2.75, 3.05) is 45.8 Å². The van der Waals surface area contributed by atoms with Gasteiger partial charge in [-0.05, 0) is 18.6 Å². The van der Waals surface area contributed by atoms with Crippen molar-refractivity contribution in [2.24, 2.45) is 0 Å². The lowest BCUT2D eigenvalue weighted by Crippen LogP contribution is -2.42. The van der Waals surface area contributed by atoms with Crippen LogP contribution in [0.5, 0.6) is 11.5 Å². The SMILES string of the molecule is COc1ccccc1OCCCS(=O)(=O)N1CCOCC1. The number of hydrogen-bond donors (Lipinski definition) is 0. The van der Waals surface area contributed by atoms with Crippen LogP contribution in [-0.2, 0) is 14.8 Å². The van der Waals surface area contributed by atoms with E-state index in [-0.39, 0.29) is 5.75 Å². The third-order valence-electron chi connectivity index (χ3n) is 3.24. The number of ether oxygens (including phenoxy) is 3. The monoisotopic (exact) mass is 315 g/mol. The van der Waals surface area contributed by atoms with Gasteiger partial charge in [0.25, 0.3) is 0 Å². The number of benzene rings is 1. The molecule has 0 atom stereocenters. The van der Waals surface area contributed by atoms with Gasteiger partial charge < -0.3 is 14.2 Å². The molecule has 21 heavy (non-hydrogen) atoms. The maximum Gasteiger partial charge on any atom is 0.214 e. The van der Waals surface area contributed by atoms with Gasteiger partial charge in [0.05, 0.1) is 32.7 Å². The molecule has 0 amide bonds. The summed E-state index contributed by atoms with van der Waals surface area (Å²) in [5.41, 5.74) is 0. The average Bonchev–Trinajstić information content (AvgIpc) is 2.53. The summed E-state index contributed by atoms with van der Waals surface area (Å²) in [6, 6.07) is 7.31. The van der Waals surface area contributed by atoms with Crippen molar-refractivity contribution in [3.8, 4) is 11.5 Å². The molecule has 1 saturated heterocycles. The smallest absolute Gasteiger partial charge is 0.214 e. The zero-order chi connectivity index (χ0) is 15.1. The molecule has 1 aromatic rings. The summed E-state index contributed by atoms with van der Waals surface area (Å²) in [6.45, 7) is 2.16. The van der Waals surface area contributed by atoms with Crippen molar-refractivity contribution in [3.63, 3.8) is 0 Å². The molecule has 1 heterocycles. The molecule has 1 aliphatic heterocycles. The molecule has 2 rings (SSSR count). The highest BCUT2D eigenvalue weighted by atomic mass is 32.2. The van der Waals surface area contributed by atoms with Gasteiger partial charge >= 0.3 is 0 Å². The van der Waals surface area contributed by atoms with E-state index in [4.69, 9.17) is 14.2 Å². The Labute approximate surface area is 125 Å². The molecular weight excluding hydrogens is 294 g/mol. The van der Waals surface area contributed by atoms with Crippen LogP contribution in [0.1, 0.15) is 6.42 Å². The van der Waals surface area contributed by atoms with Gasteiger partial charge in [-0.2, -0.15) is 4.31 Å². The second-order valence-electron chi connectivity index (χ2n) is 4.68. The lowest BCUT2D eigenvalue weighted by molar-refractivity contribution is 0.0730. The molecule has 0 unspecified atom stereocenters. The maximum absolute atomic E-state index is 12.1. The summed E-state index contributed by atoms with van der Waals surface area (Å²) < 4.78 is 41.6. The van der Waals surface area contributed by atoms with E-state index in [0.717, 1.165) is 0 Å². The van der Waals surface area contributed by atoms with Gasteiger partial charge in [0.1, 0.15) is 0 Å². The van der Waals surface area contributed by atoms with E-state index in [1.54, 1.807) is 19.2 Å². The summed E-state index contributed by atoms with van der Waals surface area (Å²) in [5.74, 6) is 1.36. The Hall–Kier alpha value is -1.31. The van der Waals surface area contributed by atoms with E-state index in [9.17, 15) is 8.42 Å². The van der Waals surface area contributed by atoms with Gasteiger partial charge in [0, 0.05) is 13.1 Å². The molecule has 1 aliphatic rings. The largest absolute Gasteiger partial charge is 0.493 e. The van der Waals surface area contributed by atoms with Crippen LogP contribution in [0.4, 0.5) is 0 Å². The van der Waals surface area contributed by atoms with Gasteiger partial charge in [-0.15, -0.1) is 0 Å². The number of rotatable bonds is 7. The Balaban J connectivity index is 1.78. The van der Waals surface area contributed by atoms with Crippen LogP contribution >= 0.6 is 0 Å². The van der Waals surface area contributed by atoms with E-state index >= 15 is 0 Å². The number of nitrogens with zero attached hydrogens (tertiary/aromatic N) is 1. The summed E-state index contributed by atoms with van der Waals surface area (Å²) >= 11 is 0. The standard InChI is InChI=1S/C14H21NO5S/c1-18-13-5-2-3-6-14(13)20-9-4-12-21(16,17)15-7-10-19-11-8-15/h2-3,5-6H,4,7-12H2,1H3. The quantitative estimate of drug-likeness (QED) is 0.706. The van der Waals surface area contributed by atoms with Crippen LogP contribution in [0.15, 0.2) is 24.3 Å². The van der Waals surface area contributed by atoms with Gasteiger partial charge in [-0.25, -0.2) is 8.42 Å². The van der Waals surface area contributed by atoms with E-state index < -0.39 is 10.0 Å². The lowest BCUT2D eigenvalue weighted by atomic mass is 10.3. The summed E-state index contributed by atoms with van der Waals surface area (Å²) in [6.07, 6.45) is 0.442. The van der Waals surface area contributed by atoms with E-state index in [1.807, 2.05) is 12.1 Å². The van der Waals surface area contributed by atoms with Crippen LogP contribution in [0.3, 0.4) is 0 Å². The highest BCUT2D eigenvalue weighted by Crippen LogP contribution is 2.25. The second-order valence-corrected chi connectivity index (χ2v) is 6.77. The van der Waals surface area contributed by atoms with Crippen molar-refractivity contribution in [2.45, 2.75) is 6.42 Å². The fourth-order valence-electron chi connectivity index (χ4n) is 2.12. The van der Waals surface area contributed by atoms with Crippen molar-refractivity contribution in [1.82, 2.24) is 4.31 Å². The Kier molecular flexibility index (Phi) is 5.84. The van der Waals surface area contributed by atoms with Crippen molar-refractivity contribution < 1.29 is 22.6 Å².